The molecule has 0 amide bonds. The van der Waals surface area contributed by atoms with Crippen LogP contribution in [0.4, 0.5) is 0 Å². The summed E-state index contributed by atoms with van der Waals surface area (Å²) in [6.45, 7) is 6.58. The summed E-state index contributed by atoms with van der Waals surface area (Å²) in [5, 5.41) is 0. The molecule has 0 aromatic carbocycles. The van der Waals surface area contributed by atoms with Gasteiger partial charge in [-0.2, -0.15) is 0 Å². The Hall–Kier alpha value is -3.15. The molecule has 70 heavy (non-hydrogen) atoms. The third kappa shape index (κ3) is 55.8. The number of carbonyl (C=O) groups excluding carboxylic acids is 3. The molecular weight excluding hydrogens is 865 g/mol. The van der Waals surface area contributed by atoms with Crippen molar-refractivity contribution in [1.29, 1.82) is 0 Å². The number of carbonyl (C=O) groups is 3. The van der Waals surface area contributed by atoms with Crippen LogP contribution in [-0.4, -0.2) is 37.2 Å². The highest BCUT2D eigenvalue weighted by molar-refractivity contribution is 5.71. The molecule has 0 aliphatic heterocycles. The van der Waals surface area contributed by atoms with Crippen molar-refractivity contribution in [3.63, 3.8) is 0 Å². The predicted octanol–water partition coefficient (Wildman–Crippen LogP) is 20.2. The molecule has 0 aromatic rings. The average molecular weight is 978 g/mol. The normalized spacial score (nSPS) is 12.6. The minimum Gasteiger partial charge on any atom is -0.462 e. The molecule has 0 saturated carbocycles. The number of hydrogen-bond acceptors (Lipinski definition) is 6. The van der Waals surface area contributed by atoms with E-state index in [1.807, 2.05) is 0 Å². The first-order valence-corrected chi connectivity index (χ1v) is 30.0. The minimum atomic E-state index is -0.788. The van der Waals surface area contributed by atoms with Crippen molar-refractivity contribution in [2.45, 2.75) is 303 Å². The monoisotopic (exact) mass is 977 g/mol. The first-order chi connectivity index (χ1) is 34.5. The van der Waals surface area contributed by atoms with Crippen LogP contribution in [0.25, 0.3) is 0 Å². The minimum absolute atomic E-state index is 0.0837. The molecule has 0 heterocycles. The number of rotatable bonds is 54. The molecule has 6 heteroatoms. The molecule has 1 unspecified atom stereocenters. The topological polar surface area (TPSA) is 78.9 Å². The van der Waals surface area contributed by atoms with Gasteiger partial charge in [0.1, 0.15) is 13.2 Å². The van der Waals surface area contributed by atoms with Crippen LogP contribution in [-0.2, 0) is 28.6 Å². The molecule has 0 saturated heterocycles. The van der Waals surface area contributed by atoms with Gasteiger partial charge in [-0.05, 0) is 70.6 Å². The van der Waals surface area contributed by atoms with Gasteiger partial charge in [0.05, 0.1) is 0 Å². The fourth-order valence-electron chi connectivity index (χ4n) is 8.51. The first kappa shape index (κ1) is 66.9. The van der Waals surface area contributed by atoms with E-state index in [0.29, 0.717) is 19.3 Å². The van der Waals surface area contributed by atoms with Crippen LogP contribution < -0.4 is 0 Å². The highest BCUT2D eigenvalue weighted by Crippen LogP contribution is 2.16. The average Bonchev–Trinajstić information content (AvgIpc) is 3.36. The molecule has 6 nitrogen and oxygen atoms in total. The lowest BCUT2D eigenvalue weighted by atomic mass is 10.0. The van der Waals surface area contributed by atoms with Gasteiger partial charge in [-0.1, -0.05) is 280 Å². The Bertz CT molecular complexity index is 1310. The number of esters is 3. The summed E-state index contributed by atoms with van der Waals surface area (Å²) in [5.41, 5.74) is 0. The summed E-state index contributed by atoms with van der Waals surface area (Å²) in [4.78, 5) is 38.2. The summed E-state index contributed by atoms with van der Waals surface area (Å²) in [5.74, 6) is -0.898. The summed E-state index contributed by atoms with van der Waals surface area (Å²) in [7, 11) is 0. The van der Waals surface area contributed by atoms with Crippen molar-refractivity contribution in [3.8, 4) is 0 Å². The van der Waals surface area contributed by atoms with Crippen LogP contribution in [0.2, 0.25) is 0 Å². The molecule has 0 N–H and O–H groups in total. The number of unbranched alkanes of at least 4 members (excludes halogenated alkanes) is 35. The smallest absolute Gasteiger partial charge is 0.306 e. The third-order valence-corrected chi connectivity index (χ3v) is 13.1. The molecule has 0 aromatic heterocycles. The van der Waals surface area contributed by atoms with Crippen LogP contribution in [0.15, 0.2) is 72.9 Å². The molecule has 0 aliphatic rings. The first-order valence-electron chi connectivity index (χ1n) is 30.0. The zero-order valence-corrected chi connectivity index (χ0v) is 46.3. The van der Waals surface area contributed by atoms with Gasteiger partial charge in [-0.15, -0.1) is 0 Å². The van der Waals surface area contributed by atoms with Crippen molar-refractivity contribution >= 4 is 17.9 Å². The molecule has 404 valence electrons. The van der Waals surface area contributed by atoms with Crippen LogP contribution in [0, 0.1) is 0 Å². The highest BCUT2D eigenvalue weighted by Gasteiger charge is 2.19. The van der Waals surface area contributed by atoms with Gasteiger partial charge in [-0.25, -0.2) is 0 Å². The van der Waals surface area contributed by atoms with Crippen LogP contribution in [0.1, 0.15) is 297 Å². The lowest BCUT2D eigenvalue weighted by Gasteiger charge is -2.18. The summed E-state index contributed by atoms with van der Waals surface area (Å²) in [6.07, 6.45) is 74.5. The number of ether oxygens (including phenoxy) is 3. The lowest BCUT2D eigenvalue weighted by molar-refractivity contribution is -0.167. The van der Waals surface area contributed by atoms with Crippen molar-refractivity contribution in [2.24, 2.45) is 0 Å². The molecular formula is C64H112O6. The lowest BCUT2D eigenvalue weighted by Crippen LogP contribution is -2.30. The number of hydrogen-bond donors (Lipinski definition) is 0. The number of allylic oxidation sites excluding steroid dienone is 12. The van der Waals surface area contributed by atoms with E-state index in [2.05, 4.69) is 93.7 Å². The van der Waals surface area contributed by atoms with E-state index in [0.717, 1.165) is 83.5 Å². The summed E-state index contributed by atoms with van der Waals surface area (Å²) >= 11 is 0. The Morgan fingerprint density at radius 1 is 0.286 bits per heavy atom. The van der Waals surface area contributed by atoms with E-state index in [1.165, 1.54) is 173 Å². The Morgan fingerprint density at radius 3 is 0.843 bits per heavy atom. The maximum atomic E-state index is 12.9. The molecule has 0 aliphatic carbocycles. The van der Waals surface area contributed by atoms with E-state index in [4.69, 9.17) is 14.2 Å². The van der Waals surface area contributed by atoms with E-state index in [-0.39, 0.29) is 31.1 Å². The summed E-state index contributed by atoms with van der Waals surface area (Å²) in [6, 6.07) is 0. The van der Waals surface area contributed by atoms with Gasteiger partial charge in [0.2, 0.25) is 0 Å². The predicted molar refractivity (Wildman–Crippen MR) is 302 cm³/mol. The van der Waals surface area contributed by atoms with Gasteiger partial charge in [0.15, 0.2) is 6.10 Å². The molecule has 0 rings (SSSR count). The fraction of sp³-hybridized carbons (Fsp3) is 0.766. The second-order valence-electron chi connectivity index (χ2n) is 20.0. The van der Waals surface area contributed by atoms with Crippen LogP contribution >= 0.6 is 0 Å². The molecule has 1 atom stereocenters. The SMILES string of the molecule is CCCCC\C=C/C=C\C=C/C=C\CCCCCCCC(=O)OC(COC(=O)CCCCCCCCCCCC/C=C\C=C/CCCCC)COC(=O)CCCCCCCCCCCCCCCCC. The molecule has 0 bridgehead atoms. The molecule has 0 spiro atoms. The van der Waals surface area contributed by atoms with E-state index >= 15 is 0 Å². The van der Waals surface area contributed by atoms with Crippen LogP contribution in [0.3, 0.4) is 0 Å². The Balaban J connectivity index is 4.41. The second kappa shape index (κ2) is 58.4. The zero-order valence-electron chi connectivity index (χ0n) is 46.3. The highest BCUT2D eigenvalue weighted by atomic mass is 16.6. The van der Waals surface area contributed by atoms with E-state index < -0.39 is 6.10 Å². The van der Waals surface area contributed by atoms with Crippen molar-refractivity contribution in [1.82, 2.24) is 0 Å². The maximum Gasteiger partial charge on any atom is 0.306 e. The Labute approximate surface area is 433 Å². The van der Waals surface area contributed by atoms with Crippen molar-refractivity contribution in [3.05, 3.63) is 72.9 Å². The van der Waals surface area contributed by atoms with Gasteiger partial charge in [0.25, 0.3) is 0 Å². The largest absolute Gasteiger partial charge is 0.462 e. The van der Waals surface area contributed by atoms with Crippen molar-refractivity contribution < 1.29 is 28.6 Å². The Morgan fingerprint density at radius 2 is 0.514 bits per heavy atom. The third-order valence-electron chi connectivity index (χ3n) is 13.1. The maximum absolute atomic E-state index is 12.9. The van der Waals surface area contributed by atoms with Crippen molar-refractivity contribution in [2.75, 3.05) is 13.2 Å². The fourth-order valence-corrected chi connectivity index (χ4v) is 8.51. The van der Waals surface area contributed by atoms with Crippen LogP contribution in [0.5, 0.6) is 0 Å². The van der Waals surface area contributed by atoms with E-state index in [1.54, 1.807) is 0 Å². The summed E-state index contributed by atoms with van der Waals surface area (Å²) < 4.78 is 16.9. The van der Waals surface area contributed by atoms with E-state index in [9.17, 15) is 14.4 Å². The molecule has 0 fully saturated rings. The zero-order chi connectivity index (χ0) is 50.7. The van der Waals surface area contributed by atoms with Gasteiger partial charge in [0, 0.05) is 19.3 Å². The second-order valence-corrected chi connectivity index (χ2v) is 20.0. The van der Waals surface area contributed by atoms with Gasteiger partial charge in [-0.3, -0.25) is 14.4 Å². The van der Waals surface area contributed by atoms with Gasteiger partial charge >= 0.3 is 17.9 Å². The quantitative estimate of drug-likeness (QED) is 0.0261. The van der Waals surface area contributed by atoms with Gasteiger partial charge < -0.3 is 14.2 Å². The molecule has 0 radical (unpaired) electrons. The Kier molecular flexibility index (Phi) is 55.8. The standard InChI is InChI=1S/C64H112O6/c1-4-7-10-13-16-19-22-25-28-30-32-34-36-39-42-45-48-51-54-57-63(66)69-60-61(59-68-62(65)56-53-50-47-44-41-38-35-27-24-21-18-15-12-9-6-3)70-64(67)58-55-52-49-46-43-40-37-33-31-29-26-23-20-17-14-11-8-5-2/h16-17,19-20,22-23,25-26,29,31,33,37,61H,4-15,18,21,24,27-28,30,32,34-36,38-60H2,1-3H3/b19-16-,20-17-,25-22-,26-23-,31-29-,37-33-.